The van der Waals surface area contributed by atoms with Gasteiger partial charge in [-0.3, -0.25) is 0 Å². The van der Waals surface area contributed by atoms with E-state index in [2.05, 4.69) is 29.4 Å². The average Bonchev–Trinajstić information content (AvgIpc) is 2.54. The highest BCUT2D eigenvalue weighted by molar-refractivity contribution is 7.99. The number of carbonyl (C=O) groups excluding carboxylic acids is 1. The van der Waals surface area contributed by atoms with Gasteiger partial charge in [0, 0.05) is 24.9 Å². The molecule has 2 amide bonds. The van der Waals surface area contributed by atoms with E-state index in [1.807, 2.05) is 25.9 Å². The van der Waals surface area contributed by atoms with Gasteiger partial charge in [-0.05, 0) is 26.3 Å². The largest absolute Gasteiger partial charge is 0.337 e. The van der Waals surface area contributed by atoms with Gasteiger partial charge in [0.25, 0.3) is 0 Å². The third-order valence-electron chi connectivity index (χ3n) is 4.04. The lowest BCUT2D eigenvalue weighted by molar-refractivity contribution is 0.239. The van der Waals surface area contributed by atoms with Crippen molar-refractivity contribution in [2.24, 2.45) is 0 Å². The van der Waals surface area contributed by atoms with Crippen molar-refractivity contribution in [3.8, 4) is 0 Å². The fourth-order valence-electron chi connectivity index (χ4n) is 2.45. The van der Waals surface area contributed by atoms with Crippen LogP contribution in [0.1, 0.15) is 71.6 Å². The number of urea groups is 1. The zero-order chi connectivity index (χ0) is 18.0. The minimum absolute atomic E-state index is 0.0487. The Hall–Kier alpha value is -0.420. The van der Waals surface area contributed by atoms with Gasteiger partial charge >= 0.3 is 6.03 Å². The topological polar surface area (TPSA) is 44.4 Å². The van der Waals surface area contributed by atoms with Gasteiger partial charge in [0.05, 0.1) is 0 Å². The molecule has 0 fully saturated rings. The second kappa shape index (κ2) is 17.4. The lowest BCUT2D eigenvalue weighted by Crippen LogP contribution is -2.41. The molecular formula is C19H41N3OS. The van der Waals surface area contributed by atoms with Crippen molar-refractivity contribution >= 4 is 17.8 Å². The van der Waals surface area contributed by atoms with Gasteiger partial charge in [0.2, 0.25) is 0 Å². The number of thioether (sulfide) groups is 1. The molecule has 0 aliphatic heterocycles. The van der Waals surface area contributed by atoms with E-state index in [9.17, 15) is 4.79 Å². The quantitative estimate of drug-likeness (QED) is 0.399. The molecule has 0 bridgehead atoms. The first kappa shape index (κ1) is 23.6. The number of nitrogens with zero attached hydrogens (tertiary/aromatic N) is 1. The molecule has 2 N–H and O–H groups in total. The van der Waals surface area contributed by atoms with Crippen LogP contribution in [-0.4, -0.2) is 55.7 Å². The summed E-state index contributed by atoms with van der Waals surface area (Å²) in [4.78, 5) is 13.7. The predicted octanol–water partition coefficient (Wildman–Crippen LogP) is 4.50. The maximum atomic E-state index is 11.6. The molecule has 0 aliphatic rings. The van der Waals surface area contributed by atoms with Crippen LogP contribution in [0.4, 0.5) is 4.79 Å². The first-order valence-corrected chi connectivity index (χ1v) is 10.9. The van der Waals surface area contributed by atoms with Crippen molar-refractivity contribution in [2.75, 3.05) is 39.5 Å². The smallest absolute Gasteiger partial charge is 0.314 e. The summed E-state index contributed by atoms with van der Waals surface area (Å²) in [5.41, 5.74) is 0. The average molecular weight is 360 g/mol. The van der Waals surface area contributed by atoms with E-state index < -0.39 is 0 Å². The summed E-state index contributed by atoms with van der Waals surface area (Å²) in [5.74, 6) is 1.21. The van der Waals surface area contributed by atoms with Gasteiger partial charge in [-0.1, -0.05) is 65.2 Å². The predicted molar refractivity (Wildman–Crippen MR) is 109 cm³/mol. The summed E-state index contributed by atoms with van der Waals surface area (Å²) in [5, 5.41) is 6.31. The van der Waals surface area contributed by atoms with Crippen molar-refractivity contribution in [3.05, 3.63) is 0 Å². The van der Waals surface area contributed by atoms with Gasteiger partial charge in [-0.25, -0.2) is 4.79 Å². The highest BCUT2D eigenvalue weighted by Crippen LogP contribution is 2.14. The highest BCUT2D eigenvalue weighted by Gasteiger charge is 2.05. The minimum atomic E-state index is -0.0487. The number of unbranched alkanes of at least 4 members (excludes halogenated alkanes) is 8. The van der Waals surface area contributed by atoms with Gasteiger partial charge in [-0.15, -0.1) is 0 Å². The molecule has 1 unspecified atom stereocenters. The number of likely N-dealkylation sites (N-methyl/N-ethyl adjacent to an activating group) is 1. The molecule has 0 aromatic heterocycles. The molecule has 1 atom stereocenters. The number of nitrogens with one attached hydrogen (secondary N) is 2. The summed E-state index contributed by atoms with van der Waals surface area (Å²) < 4.78 is 0. The van der Waals surface area contributed by atoms with Crippen LogP contribution < -0.4 is 10.6 Å². The molecule has 24 heavy (non-hydrogen) atoms. The summed E-state index contributed by atoms with van der Waals surface area (Å²) >= 11 is 1.97. The lowest BCUT2D eigenvalue weighted by Gasteiger charge is -2.14. The first-order chi connectivity index (χ1) is 11.6. The molecule has 0 rings (SSSR count). The molecule has 0 aromatic rings. The maximum absolute atomic E-state index is 11.6. The summed E-state index contributed by atoms with van der Waals surface area (Å²) in [6.07, 6.45) is 12.4. The molecule has 5 heteroatoms. The van der Waals surface area contributed by atoms with Crippen LogP contribution in [0.5, 0.6) is 0 Å². The van der Waals surface area contributed by atoms with E-state index in [1.165, 1.54) is 63.5 Å². The SMILES string of the molecule is CCCCCCCCCCCSC(C)CNC(=O)NCCN(C)C. The lowest BCUT2D eigenvalue weighted by atomic mass is 10.1. The van der Waals surface area contributed by atoms with Crippen molar-refractivity contribution in [1.29, 1.82) is 0 Å². The Morgan fingerprint density at radius 1 is 0.958 bits per heavy atom. The molecule has 0 saturated carbocycles. The normalized spacial score (nSPS) is 12.4. The van der Waals surface area contributed by atoms with Crippen molar-refractivity contribution in [2.45, 2.75) is 76.9 Å². The Kier molecular flexibility index (Phi) is 17.1. The third-order valence-corrected chi connectivity index (χ3v) is 5.30. The van der Waals surface area contributed by atoms with Crippen LogP contribution in [0.15, 0.2) is 0 Å². The van der Waals surface area contributed by atoms with Gasteiger partial charge < -0.3 is 15.5 Å². The highest BCUT2D eigenvalue weighted by atomic mass is 32.2. The number of hydrogen-bond acceptors (Lipinski definition) is 3. The summed E-state index contributed by atoms with van der Waals surface area (Å²) in [6, 6.07) is -0.0487. The molecule has 0 aromatic carbocycles. The Bertz CT molecular complexity index is 288. The monoisotopic (exact) mass is 359 g/mol. The standard InChI is InChI=1S/C19H41N3OS/c1-5-6-7-8-9-10-11-12-13-16-24-18(2)17-21-19(23)20-14-15-22(3)4/h18H,5-17H2,1-4H3,(H2,20,21,23). The van der Waals surface area contributed by atoms with Gasteiger partial charge in [-0.2, -0.15) is 11.8 Å². The van der Waals surface area contributed by atoms with E-state index in [0.29, 0.717) is 11.8 Å². The van der Waals surface area contributed by atoms with Crippen molar-refractivity contribution in [1.82, 2.24) is 15.5 Å². The number of carbonyl (C=O) groups is 1. The Morgan fingerprint density at radius 2 is 1.54 bits per heavy atom. The molecular weight excluding hydrogens is 318 g/mol. The van der Waals surface area contributed by atoms with Crippen LogP contribution >= 0.6 is 11.8 Å². The molecule has 0 heterocycles. The maximum Gasteiger partial charge on any atom is 0.314 e. The Balaban J connectivity index is 3.31. The molecule has 0 spiro atoms. The Morgan fingerprint density at radius 3 is 2.12 bits per heavy atom. The zero-order valence-corrected chi connectivity index (χ0v) is 17.3. The van der Waals surface area contributed by atoms with E-state index >= 15 is 0 Å². The van der Waals surface area contributed by atoms with Crippen LogP contribution in [0.2, 0.25) is 0 Å². The first-order valence-electron chi connectivity index (χ1n) is 9.84. The number of rotatable bonds is 16. The number of amides is 2. The van der Waals surface area contributed by atoms with E-state index in [1.54, 1.807) is 0 Å². The Labute approximate surface area is 154 Å². The van der Waals surface area contributed by atoms with Gasteiger partial charge in [0.15, 0.2) is 0 Å². The van der Waals surface area contributed by atoms with E-state index in [4.69, 9.17) is 0 Å². The minimum Gasteiger partial charge on any atom is -0.337 e. The molecule has 4 nitrogen and oxygen atoms in total. The summed E-state index contributed by atoms with van der Waals surface area (Å²) in [7, 11) is 4.01. The molecule has 0 radical (unpaired) electrons. The second-order valence-electron chi connectivity index (χ2n) is 6.95. The van der Waals surface area contributed by atoms with E-state index in [0.717, 1.165) is 13.1 Å². The fraction of sp³-hybridized carbons (Fsp3) is 0.947. The van der Waals surface area contributed by atoms with Crippen LogP contribution in [-0.2, 0) is 0 Å². The van der Waals surface area contributed by atoms with Crippen LogP contribution in [0.3, 0.4) is 0 Å². The number of hydrogen-bond donors (Lipinski definition) is 2. The molecule has 0 aliphatic carbocycles. The fourth-order valence-corrected chi connectivity index (χ4v) is 3.42. The third kappa shape index (κ3) is 17.9. The molecule has 0 saturated heterocycles. The second-order valence-corrected chi connectivity index (χ2v) is 8.50. The van der Waals surface area contributed by atoms with Crippen LogP contribution in [0.25, 0.3) is 0 Å². The van der Waals surface area contributed by atoms with Crippen LogP contribution in [0, 0.1) is 0 Å². The van der Waals surface area contributed by atoms with Crippen molar-refractivity contribution < 1.29 is 4.79 Å². The molecule has 144 valence electrons. The van der Waals surface area contributed by atoms with E-state index in [-0.39, 0.29) is 6.03 Å². The zero-order valence-electron chi connectivity index (χ0n) is 16.5. The van der Waals surface area contributed by atoms with Crippen molar-refractivity contribution in [3.63, 3.8) is 0 Å². The summed E-state index contributed by atoms with van der Waals surface area (Å²) in [6.45, 7) is 6.77. The van der Waals surface area contributed by atoms with Gasteiger partial charge in [0.1, 0.15) is 0 Å².